The first kappa shape index (κ1) is 32.8. The van der Waals surface area contributed by atoms with Crippen LogP contribution in [0.2, 0.25) is 0 Å². The fourth-order valence-electron chi connectivity index (χ4n) is 8.23. The molecule has 0 atom stereocenters. The summed E-state index contributed by atoms with van der Waals surface area (Å²) >= 11 is 0. The van der Waals surface area contributed by atoms with Gasteiger partial charge in [-0.15, -0.1) is 0 Å². The number of nitrogens with one attached hydrogen (secondary N) is 2. The first-order valence-electron chi connectivity index (χ1n) is 16.5. The van der Waals surface area contributed by atoms with E-state index >= 15 is 0 Å². The number of methoxy groups -OCH3 is 1. The van der Waals surface area contributed by atoms with E-state index in [4.69, 9.17) is 25.7 Å². The predicted molar refractivity (Wildman–Crippen MR) is 173 cm³/mol. The molecule has 2 amide bonds. The lowest BCUT2D eigenvalue weighted by atomic mass is 9.49. The number of nitrogens with two attached hydrogens (primary N) is 2. The highest BCUT2D eigenvalue weighted by molar-refractivity contribution is 5.77. The van der Waals surface area contributed by atoms with Crippen molar-refractivity contribution in [1.82, 2.24) is 20.6 Å². The third-order valence-corrected chi connectivity index (χ3v) is 9.71. The number of ether oxygens (including phenoxy) is 3. The summed E-state index contributed by atoms with van der Waals surface area (Å²) < 4.78 is 17.2. The van der Waals surface area contributed by atoms with Gasteiger partial charge in [-0.25, -0.2) is 4.98 Å². The quantitative estimate of drug-likeness (QED) is 0.191. The number of carbonyl (C=O) groups is 2. The number of aromatic nitrogens is 2. The summed E-state index contributed by atoms with van der Waals surface area (Å²) in [4.78, 5) is 32.9. The van der Waals surface area contributed by atoms with Crippen LogP contribution in [0.15, 0.2) is 18.3 Å². The molecule has 0 spiro atoms. The van der Waals surface area contributed by atoms with E-state index in [1.807, 2.05) is 19.1 Å². The third-order valence-electron chi connectivity index (χ3n) is 9.71. The first-order valence-corrected chi connectivity index (χ1v) is 16.5. The molecule has 2 aromatic rings. The van der Waals surface area contributed by atoms with Gasteiger partial charge in [0, 0.05) is 44.1 Å². The van der Waals surface area contributed by atoms with Crippen molar-refractivity contribution < 1.29 is 23.8 Å². The first-order chi connectivity index (χ1) is 21.7. The van der Waals surface area contributed by atoms with E-state index in [0.717, 1.165) is 40.9 Å². The van der Waals surface area contributed by atoms with Crippen LogP contribution >= 0.6 is 0 Å². The summed E-state index contributed by atoms with van der Waals surface area (Å²) in [6, 6.07) is 3.95. The minimum absolute atomic E-state index is 0.00786. The molecular formula is C34H50N6O5. The summed E-state index contributed by atoms with van der Waals surface area (Å²) in [7, 11) is 1.61. The van der Waals surface area contributed by atoms with E-state index in [-0.39, 0.29) is 23.2 Å². The van der Waals surface area contributed by atoms with Gasteiger partial charge in [0.1, 0.15) is 5.82 Å². The van der Waals surface area contributed by atoms with Crippen molar-refractivity contribution in [2.45, 2.75) is 77.6 Å². The molecule has 4 saturated carbocycles. The maximum absolute atomic E-state index is 12.6. The average Bonchev–Trinajstić information content (AvgIpc) is 2.97. The molecule has 4 bridgehead atoms. The Balaban J connectivity index is 0.902. The van der Waals surface area contributed by atoms with Crippen LogP contribution in [0.25, 0.3) is 0 Å². The van der Waals surface area contributed by atoms with Crippen molar-refractivity contribution in [3.63, 3.8) is 0 Å². The van der Waals surface area contributed by atoms with E-state index < -0.39 is 0 Å². The second-order valence-electron chi connectivity index (χ2n) is 13.5. The maximum atomic E-state index is 12.6. The zero-order chi connectivity index (χ0) is 31.8. The summed E-state index contributed by atoms with van der Waals surface area (Å²) in [5.74, 6) is 4.57. The number of nitrogens with zero attached hydrogens (tertiary/aromatic N) is 2. The minimum Gasteiger partial charge on any atom is -0.493 e. The molecule has 6 N–H and O–H groups in total. The van der Waals surface area contributed by atoms with Crippen LogP contribution in [0.3, 0.4) is 0 Å². The van der Waals surface area contributed by atoms with Gasteiger partial charge in [0.05, 0.1) is 26.9 Å². The molecule has 11 heteroatoms. The van der Waals surface area contributed by atoms with Crippen LogP contribution in [-0.2, 0) is 20.7 Å². The molecule has 6 rings (SSSR count). The molecule has 1 aromatic carbocycles. The molecule has 0 aliphatic heterocycles. The van der Waals surface area contributed by atoms with E-state index in [2.05, 4.69) is 20.6 Å². The van der Waals surface area contributed by atoms with E-state index in [1.54, 1.807) is 13.3 Å². The Morgan fingerprint density at radius 3 is 2.27 bits per heavy atom. The van der Waals surface area contributed by atoms with Crippen molar-refractivity contribution in [3.05, 3.63) is 35.0 Å². The molecule has 4 aliphatic carbocycles. The van der Waals surface area contributed by atoms with Crippen LogP contribution < -0.4 is 31.6 Å². The monoisotopic (exact) mass is 622 g/mol. The van der Waals surface area contributed by atoms with Gasteiger partial charge in [0.25, 0.3) is 0 Å². The molecule has 4 aliphatic rings. The number of carbonyl (C=O) groups excluding carboxylic acids is 2. The molecule has 4 fully saturated rings. The van der Waals surface area contributed by atoms with Gasteiger partial charge in [0.15, 0.2) is 11.5 Å². The van der Waals surface area contributed by atoms with Crippen LogP contribution in [0.1, 0.15) is 80.9 Å². The molecule has 1 aromatic heterocycles. The van der Waals surface area contributed by atoms with Crippen molar-refractivity contribution in [2.24, 2.45) is 23.2 Å². The van der Waals surface area contributed by atoms with Crippen molar-refractivity contribution in [3.8, 4) is 11.5 Å². The van der Waals surface area contributed by atoms with Crippen LogP contribution in [0.5, 0.6) is 11.5 Å². The molecule has 0 radical (unpaired) electrons. The molecule has 11 nitrogen and oxygen atoms in total. The summed E-state index contributed by atoms with van der Waals surface area (Å²) in [5.41, 5.74) is 14.6. The number of rotatable bonds is 17. The Morgan fingerprint density at radius 2 is 1.62 bits per heavy atom. The van der Waals surface area contributed by atoms with E-state index in [9.17, 15) is 9.59 Å². The van der Waals surface area contributed by atoms with Gasteiger partial charge < -0.3 is 36.3 Å². The Kier molecular flexibility index (Phi) is 11.0. The Hall–Kier alpha value is -3.60. The smallest absolute Gasteiger partial charge is 0.221 e. The Bertz CT molecular complexity index is 1300. The number of hydrogen-bond acceptors (Lipinski definition) is 9. The summed E-state index contributed by atoms with van der Waals surface area (Å²) in [6.07, 6.45) is 12.6. The molecule has 0 saturated heterocycles. The number of unbranched alkanes of at least 4 members (excludes halogenated alkanes) is 1. The molecule has 1 heterocycles. The second-order valence-corrected chi connectivity index (χ2v) is 13.5. The SMILES string of the molecule is COc1cc(Cc2cnc(N)nc2N)cc(C)c1OCCCCC(=O)NCCOCCNC(=O)CC12CC3CC(CC(C3)C1)C2. The van der Waals surface area contributed by atoms with Gasteiger partial charge in [-0.2, -0.15) is 4.98 Å². The maximum Gasteiger partial charge on any atom is 0.221 e. The Morgan fingerprint density at radius 1 is 0.956 bits per heavy atom. The van der Waals surface area contributed by atoms with Crippen LogP contribution in [0, 0.1) is 30.1 Å². The second kappa shape index (κ2) is 15.1. The van der Waals surface area contributed by atoms with Gasteiger partial charge >= 0.3 is 0 Å². The van der Waals surface area contributed by atoms with Gasteiger partial charge in [-0.1, -0.05) is 6.07 Å². The lowest BCUT2D eigenvalue weighted by molar-refractivity contribution is -0.129. The summed E-state index contributed by atoms with van der Waals surface area (Å²) in [5, 5.41) is 5.95. The molecule has 246 valence electrons. The molecular weight excluding hydrogens is 572 g/mol. The zero-order valence-electron chi connectivity index (χ0n) is 26.9. The lowest BCUT2D eigenvalue weighted by Gasteiger charge is -2.56. The number of hydrogen-bond donors (Lipinski definition) is 4. The molecule has 0 unspecified atom stereocenters. The highest BCUT2D eigenvalue weighted by Crippen LogP contribution is 2.61. The van der Waals surface area contributed by atoms with Crippen molar-refractivity contribution in [1.29, 1.82) is 0 Å². The van der Waals surface area contributed by atoms with Crippen molar-refractivity contribution in [2.75, 3.05) is 51.5 Å². The fourth-order valence-corrected chi connectivity index (χ4v) is 8.23. The van der Waals surface area contributed by atoms with Crippen molar-refractivity contribution >= 4 is 23.6 Å². The number of benzene rings is 1. The minimum atomic E-state index is -0.00786. The topological polar surface area (TPSA) is 164 Å². The average molecular weight is 623 g/mol. The number of aryl methyl sites for hydroxylation is 1. The van der Waals surface area contributed by atoms with Gasteiger partial charge in [0.2, 0.25) is 17.8 Å². The number of amides is 2. The standard InChI is InChI=1S/C34H50N6O5/c1-22-11-23(15-27-21-39-33(36)40-32(27)35)16-28(43-2)31(22)45-8-4-3-5-29(41)37-6-9-44-10-7-38-30(42)20-34-17-24-12-25(18-34)14-26(13-24)19-34/h11,16,21,24-26H,3-10,12-15,17-20H2,1-2H3,(H,37,41)(H,38,42)(H4,35,36,39,40). The Labute approximate surface area is 266 Å². The number of nitrogen functional groups attached to an aromatic ring is 2. The van der Waals surface area contributed by atoms with E-state index in [1.165, 1.54) is 38.5 Å². The number of anilines is 2. The van der Waals surface area contributed by atoms with Crippen LogP contribution in [-0.4, -0.2) is 61.8 Å². The largest absolute Gasteiger partial charge is 0.493 e. The third kappa shape index (κ3) is 8.99. The fraction of sp³-hybridized carbons (Fsp3) is 0.647. The summed E-state index contributed by atoms with van der Waals surface area (Å²) in [6.45, 7) is 4.28. The lowest BCUT2D eigenvalue weighted by Crippen LogP contribution is -2.48. The predicted octanol–water partition coefficient (Wildman–Crippen LogP) is 3.95. The van der Waals surface area contributed by atoms with Gasteiger partial charge in [-0.3, -0.25) is 9.59 Å². The highest BCUT2D eigenvalue weighted by atomic mass is 16.5. The van der Waals surface area contributed by atoms with Crippen LogP contribution in [0.4, 0.5) is 11.8 Å². The highest BCUT2D eigenvalue weighted by Gasteiger charge is 2.51. The molecule has 45 heavy (non-hydrogen) atoms. The zero-order valence-corrected chi connectivity index (χ0v) is 26.9. The van der Waals surface area contributed by atoms with E-state index in [0.29, 0.717) is 75.9 Å². The van der Waals surface area contributed by atoms with Gasteiger partial charge in [-0.05, 0) is 98.7 Å². The normalized spacial score (nSPS) is 23.1.